The molecule has 0 bridgehead atoms. The molecular weight excluding hydrogens is 976 g/mol. The van der Waals surface area contributed by atoms with Crippen LogP contribution in [0.5, 0.6) is 0 Å². The van der Waals surface area contributed by atoms with Crippen molar-refractivity contribution in [3.05, 3.63) is 122 Å². The van der Waals surface area contributed by atoms with Crippen LogP contribution in [0.2, 0.25) is 0 Å². The molecule has 0 heterocycles. The Morgan fingerprint density at radius 2 is 0.684 bits per heavy atom. The summed E-state index contributed by atoms with van der Waals surface area (Å²) in [6.07, 6.45) is 70.1. The van der Waals surface area contributed by atoms with E-state index in [9.17, 15) is 28.9 Å². The Morgan fingerprint density at radius 3 is 1.08 bits per heavy atom. The molecule has 0 aliphatic carbocycles. The summed E-state index contributed by atoms with van der Waals surface area (Å²) in [5, 5.41) is 9.81. The Kier molecular flexibility index (Phi) is 54.0. The smallest absolute Gasteiger partial charge is 0.462 e. The van der Waals surface area contributed by atoms with E-state index in [4.69, 9.17) is 23.3 Å². The van der Waals surface area contributed by atoms with Gasteiger partial charge in [-0.3, -0.25) is 23.4 Å². The molecule has 0 fully saturated rings. The van der Waals surface area contributed by atoms with Gasteiger partial charge in [-0.1, -0.05) is 200 Å². The molecule has 432 valence electrons. The largest absolute Gasteiger partial charge is 0.472 e. The Balaban J connectivity index is 4.85. The van der Waals surface area contributed by atoms with Crippen LogP contribution in [0.25, 0.3) is 0 Å². The lowest BCUT2D eigenvalue weighted by Gasteiger charge is -2.21. The highest BCUT2D eigenvalue weighted by Crippen LogP contribution is 2.43. The number of hydrogen-bond acceptors (Lipinski definition) is 10. The molecule has 12 heteroatoms. The quantitative estimate of drug-likeness (QED) is 0.0197. The summed E-state index contributed by atoms with van der Waals surface area (Å²) in [4.78, 5) is 48.6. The van der Waals surface area contributed by atoms with Crippen molar-refractivity contribution in [2.24, 2.45) is 0 Å². The molecule has 0 saturated carbocycles. The second kappa shape index (κ2) is 57.1. The third-order valence-electron chi connectivity index (χ3n) is 11.8. The number of carbonyl (C=O) groups is 3. The summed E-state index contributed by atoms with van der Waals surface area (Å²) in [6.45, 7) is 4.31. The van der Waals surface area contributed by atoms with Gasteiger partial charge in [-0.2, -0.15) is 0 Å². The monoisotopic (exact) mass is 1080 g/mol. The Morgan fingerprint density at radius 1 is 0.382 bits per heavy atom. The molecule has 0 amide bonds. The zero-order valence-corrected chi connectivity index (χ0v) is 48.6. The van der Waals surface area contributed by atoms with Crippen LogP contribution in [0.15, 0.2) is 122 Å². The number of unbranched alkanes of at least 4 members (excludes halogenated alkanes) is 16. The lowest BCUT2D eigenvalue weighted by Crippen LogP contribution is -2.30. The van der Waals surface area contributed by atoms with Crippen LogP contribution in [-0.2, 0) is 42.2 Å². The van der Waals surface area contributed by atoms with E-state index in [2.05, 4.69) is 142 Å². The number of esters is 3. The number of aliphatic hydroxyl groups is 1. The van der Waals surface area contributed by atoms with Gasteiger partial charge in [0.15, 0.2) is 6.10 Å². The number of aliphatic hydroxyl groups excluding tert-OH is 1. The maximum Gasteiger partial charge on any atom is 0.472 e. The molecule has 0 rings (SSSR count). The number of ether oxygens (including phenoxy) is 3. The predicted octanol–water partition coefficient (Wildman–Crippen LogP) is 17.6. The van der Waals surface area contributed by atoms with Crippen LogP contribution in [0, 0.1) is 0 Å². The molecular formula is C64H105O11P. The van der Waals surface area contributed by atoms with Gasteiger partial charge in [0.1, 0.15) is 12.7 Å². The first-order valence-electron chi connectivity index (χ1n) is 29.4. The molecule has 76 heavy (non-hydrogen) atoms. The van der Waals surface area contributed by atoms with Gasteiger partial charge < -0.3 is 24.2 Å². The Bertz CT molecular complexity index is 1740. The summed E-state index contributed by atoms with van der Waals surface area (Å²) < 4.78 is 39.5. The predicted molar refractivity (Wildman–Crippen MR) is 316 cm³/mol. The molecule has 2 N–H and O–H groups in total. The maximum absolute atomic E-state index is 12.9. The normalized spacial score (nSPS) is 14.2. The zero-order chi connectivity index (χ0) is 55.5. The highest BCUT2D eigenvalue weighted by atomic mass is 31.2. The second-order valence-electron chi connectivity index (χ2n) is 19.0. The van der Waals surface area contributed by atoms with Crippen molar-refractivity contribution in [3.8, 4) is 0 Å². The van der Waals surface area contributed by atoms with Crippen LogP contribution in [0.4, 0.5) is 0 Å². The van der Waals surface area contributed by atoms with E-state index in [0.29, 0.717) is 19.3 Å². The lowest BCUT2D eigenvalue weighted by atomic mass is 10.1. The Labute approximate surface area is 462 Å². The number of phosphoric ester groups is 1. The van der Waals surface area contributed by atoms with E-state index in [1.165, 1.54) is 25.7 Å². The van der Waals surface area contributed by atoms with Crippen LogP contribution in [0.3, 0.4) is 0 Å². The molecule has 0 aromatic rings. The highest BCUT2D eigenvalue weighted by molar-refractivity contribution is 7.47. The highest BCUT2D eigenvalue weighted by Gasteiger charge is 2.28. The average Bonchev–Trinajstić information content (AvgIpc) is 3.41. The first kappa shape index (κ1) is 71.9. The van der Waals surface area contributed by atoms with Crippen LogP contribution in [-0.4, -0.2) is 66.5 Å². The number of carbonyl (C=O) groups excluding carboxylic acids is 3. The fourth-order valence-electron chi connectivity index (χ4n) is 7.43. The van der Waals surface area contributed by atoms with Crippen molar-refractivity contribution < 1.29 is 52.2 Å². The zero-order valence-electron chi connectivity index (χ0n) is 47.7. The number of rotatable bonds is 53. The minimum Gasteiger partial charge on any atom is -0.462 e. The van der Waals surface area contributed by atoms with E-state index in [1.54, 1.807) is 0 Å². The second-order valence-corrected chi connectivity index (χ2v) is 20.5. The molecule has 11 nitrogen and oxygen atoms in total. The van der Waals surface area contributed by atoms with Crippen LogP contribution in [0.1, 0.15) is 226 Å². The van der Waals surface area contributed by atoms with Crippen LogP contribution >= 0.6 is 7.82 Å². The number of phosphoric acid groups is 1. The third kappa shape index (κ3) is 54.7. The molecule has 3 unspecified atom stereocenters. The van der Waals surface area contributed by atoms with Crippen molar-refractivity contribution in [2.75, 3.05) is 26.4 Å². The molecule has 0 aliphatic heterocycles. The number of hydrogen-bond donors (Lipinski definition) is 2. The van der Waals surface area contributed by atoms with Crippen molar-refractivity contribution in [1.29, 1.82) is 0 Å². The van der Waals surface area contributed by atoms with Gasteiger partial charge in [0.2, 0.25) is 0 Å². The third-order valence-corrected chi connectivity index (χ3v) is 12.8. The van der Waals surface area contributed by atoms with Crippen molar-refractivity contribution in [2.45, 2.75) is 238 Å². The molecule has 0 aliphatic rings. The standard InChI is InChI=1S/C64H105O11P/c1-4-7-10-13-16-19-22-25-27-29-30-32-33-36-38-41-44-47-50-53-62(66)71-57-61(75-64(68)55-52-49-46-43-40-37-34-31-28-26-23-20-17-14-11-8-5-2)59-73-76(69,70)72-58-60(56-65)74-63(67)54-51-48-45-42-39-35-24-21-18-15-12-9-6-3/h7-8,10-11,16-17,19-21,24-28,30,32,34,36-38,60-61,65H,4-6,9,12-15,18,22-23,29,31,33,35,39-59H2,1-3H3,(H,69,70)/b10-7-,11-8-,19-16-,20-17-,24-21-,27-25-,28-26-,32-30-,37-34-,38-36-. The van der Waals surface area contributed by atoms with E-state index in [1.807, 2.05) is 0 Å². The fraction of sp³-hybridized carbons (Fsp3) is 0.641. The van der Waals surface area contributed by atoms with E-state index in [0.717, 1.165) is 141 Å². The fourth-order valence-corrected chi connectivity index (χ4v) is 8.21. The van der Waals surface area contributed by atoms with Crippen molar-refractivity contribution >= 4 is 25.7 Å². The molecule has 0 spiro atoms. The molecule has 3 atom stereocenters. The molecule has 0 saturated heterocycles. The van der Waals surface area contributed by atoms with Crippen molar-refractivity contribution in [3.63, 3.8) is 0 Å². The van der Waals surface area contributed by atoms with Gasteiger partial charge in [0.25, 0.3) is 0 Å². The van der Waals surface area contributed by atoms with E-state index in [-0.39, 0.29) is 25.9 Å². The lowest BCUT2D eigenvalue weighted by molar-refractivity contribution is -0.161. The summed E-state index contributed by atoms with van der Waals surface area (Å²) in [6, 6.07) is 0. The molecule has 0 aromatic heterocycles. The minimum atomic E-state index is -4.77. The first-order valence-corrected chi connectivity index (χ1v) is 30.9. The maximum atomic E-state index is 12.9. The average molecular weight is 1080 g/mol. The van der Waals surface area contributed by atoms with E-state index < -0.39 is 57.8 Å². The van der Waals surface area contributed by atoms with Gasteiger partial charge in [-0.05, 0) is 128 Å². The minimum absolute atomic E-state index is 0.125. The first-order chi connectivity index (χ1) is 37.2. The van der Waals surface area contributed by atoms with Gasteiger partial charge in [0, 0.05) is 19.3 Å². The molecule has 0 aromatic carbocycles. The summed E-state index contributed by atoms with van der Waals surface area (Å²) in [5.74, 6) is -1.55. The van der Waals surface area contributed by atoms with Gasteiger partial charge in [-0.25, -0.2) is 4.57 Å². The van der Waals surface area contributed by atoms with Crippen molar-refractivity contribution in [1.82, 2.24) is 0 Å². The van der Waals surface area contributed by atoms with Crippen LogP contribution < -0.4 is 0 Å². The summed E-state index contributed by atoms with van der Waals surface area (Å²) in [5.41, 5.74) is 0. The molecule has 0 radical (unpaired) electrons. The SMILES string of the molecule is CC/C=C\C/C=C\C/C=C\C/C=C\C/C=C\CCCCCC(=O)OCC(COP(=O)(O)OCC(CO)OC(=O)CCCCCCC/C=C\CCCCCC)OC(=O)CCCCCC/C=C\C/C=C\C/C=C\C/C=C\CC. The van der Waals surface area contributed by atoms with Gasteiger partial charge >= 0.3 is 25.7 Å². The number of allylic oxidation sites excluding steroid dienone is 20. The Hall–Kier alpha value is -4.12. The topological polar surface area (TPSA) is 155 Å². The van der Waals surface area contributed by atoms with E-state index >= 15 is 0 Å². The van der Waals surface area contributed by atoms with Gasteiger partial charge in [0.05, 0.1) is 19.8 Å². The summed E-state index contributed by atoms with van der Waals surface area (Å²) in [7, 11) is -4.77. The van der Waals surface area contributed by atoms with Gasteiger partial charge in [-0.15, -0.1) is 0 Å². The summed E-state index contributed by atoms with van der Waals surface area (Å²) >= 11 is 0.